The summed E-state index contributed by atoms with van der Waals surface area (Å²) in [6.45, 7) is 0. The summed E-state index contributed by atoms with van der Waals surface area (Å²) in [6, 6.07) is 10.2. The molecular formula is C19H11F2N3O. The van der Waals surface area contributed by atoms with Crippen LogP contribution in [-0.4, -0.2) is 15.0 Å². The van der Waals surface area contributed by atoms with Crippen molar-refractivity contribution in [3.05, 3.63) is 82.9 Å². The Morgan fingerprint density at radius 2 is 1.76 bits per heavy atom. The maximum Gasteiger partial charge on any atom is 0.191 e. The van der Waals surface area contributed by atoms with Crippen molar-refractivity contribution in [2.45, 2.75) is 0 Å². The van der Waals surface area contributed by atoms with Gasteiger partial charge in [0.2, 0.25) is 0 Å². The minimum absolute atomic E-state index is 0.220. The van der Waals surface area contributed by atoms with Crippen LogP contribution in [0.3, 0.4) is 0 Å². The molecule has 122 valence electrons. The summed E-state index contributed by atoms with van der Waals surface area (Å²) >= 11 is 0. The first-order valence-corrected chi connectivity index (χ1v) is 7.52. The zero-order valence-electron chi connectivity index (χ0n) is 12.8. The minimum atomic E-state index is -0.528. The van der Waals surface area contributed by atoms with Gasteiger partial charge in [-0.15, -0.1) is 0 Å². The molecule has 0 radical (unpaired) electrons. The molecule has 1 N–H and O–H groups in total. The SMILES string of the molecule is O=c1cc[nH]c2nc(-c3ccc(F)cc3)c(-c3ccncc3F)cc12. The van der Waals surface area contributed by atoms with Crippen LogP contribution in [0.2, 0.25) is 0 Å². The summed E-state index contributed by atoms with van der Waals surface area (Å²) in [6.07, 6.45) is 4.06. The van der Waals surface area contributed by atoms with Gasteiger partial charge in [0, 0.05) is 35.2 Å². The molecule has 4 rings (SSSR count). The van der Waals surface area contributed by atoms with Gasteiger partial charge < -0.3 is 4.98 Å². The first kappa shape index (κ1) is 15.1. The van der Waals surface area contributed by atoms with E-state index in [4.69, 9.17) is 0 Å². The number of nitrogens with zero attached hydrogens (tertiary/aromatic N) is 2. The lowest BCUT2D eigenvalue weighted by Crippen LogP contribution is -2.04. The van der Waals surface area contributed by atoms with Gasteiger partial charge in [-0.05, 0) is 36.4 Å². The third kappa shape index (κ3) is 2.67. The van der Waals surface area contributed by atoms with Crippen molar-refractivity contribution in [3.63, 3.8) is 0 Å². The monoisotopic (exact) mass is 335 g/mol. The molecule has 6 heteroatoms. The lowest BCUT2D eigenvalue weighted by molar-refractivity contribution is 0.625. The van der Waals surface area contributed by atoms with Crippen LogP contribution in [0.25, 0.3) is 33.4 Å². The topological polar surface area (TPSA) is 58.6 Å². The maximum absolute atomic E-state index is 14.3. The molecular weight excluding hydrogens is 324 g/mol. The average Bonchev–Trinajstić information content (AvgIpc) is 2.62. The van der Waals surface area contributed by atoms with Gasteiger partial charge in [0.05, 0.1) is 17.3 Å². The van der Waals surface area contributed by atoms with Crippen molar-refractivity contribution < 1.29 is 8.78 Å². The second-order valence-corrected chi connectivity index (χ2v) is 5.49. The van der Waals surface area contributed by atoms with Crippen LogP contribution < -0.4 is 5.43 Å². The Balaban J connectivity index is 2.09. The highest BCUT2D eigenvalue weighted by Crippen LogP contribution is 2.33. The van der Waals surface area contributed by atoms with Gasteiger partial charge in [-0.2, -0.15) is 0 Å². The van der Waals surface area contributed by atoms with Crippen molar-refractivity contribution in [1.29, 1.82) is 0 Å². The number of aromatic nitrogens is 3. The van der Waals surface area contributed by atoms with Crippen molar-refractivity contribution in [2.75, 3.05) is 0 Å². The number of fused-ring (bicyclic) bond motifs is 1. The zero-order chi connectivity index (χ0) is 17.4. The molecule has 0 bridgehead atoms. The Labute approximate surface area is 140 Å². The number of hydrogen-bond donors (Lipinski definition) is 1. The molecule has 0 fully saturated rings. The van der Waals surface area contributed by atoms with Crippen LogP contribution in [0.15, 0.2) is 65.8 Å². The molecule has 0 unspecified atom stereocenters. The Morgan fingerprint density at radius 3 is 2.52 bits per heavy atom. The van der Waals surface area contributed by atoms with E-state index in [1.165, 1.54) is 36.7 Å². The molecule has 4 nitrogen and oxygen atoms in total. The molecule has 0 spiro atoms. The molecule has 25 heavy (non-hydrogen) atoms. The number of halogens is 2. The molecule has 0 aliphatic rings. The number of benzene rings is 1. The van der Waals surface area contributed by atoms with E-state index in [1.807, 2.05) is 0 Å². The van der Waals surface area contributed by atoms with Gasteiger partial charge in [0.1, 0.15) is 17.3 Å². The number of hydrogen-bond acceptors (Lipinski definition) is 3. The van der Waals surface area contributed by atoms with Crippen LogP contribution in [0.4, 0.5) is 8.78 Å². The second kappa shape index (κ2) is 5.90. The molecule has 0 amide bonds. The van der Waals surface area contributed by atoms with E-state index in [2.05, 4.69) is 15.0 Å². The third-order valence-corrected chi connectivity index (χ3v) is 3.92. The number of H-pyrrole nitrogens is 1. The fraction of sp³-hybridized carbons (Fsp3) is 0. The number of pyridine rings is 3. The largest absolute Gasteiger partial charge is 0.346 e. The van der Waals surface area contributed by atoms with Gasteiger partial charge in [-0.25, -0.2) is 13.8 Å². The Kier molecular flexibility index (Phi) is 3.57. The van der Waals surface area contributed by atoms with Crippen LogP contribution in [-0.2, 0) is 0 Å². The van der Waals surface area contributed by atoms with Gasteiger partial charge in [-0.1, -0.05) is 0 Å². The molecule has 1 aromatic carbocycles. The van der Waals surface area contributed by atoms with E-state index in [-0.39, 0.29) is 16.8 Å². The lowest BCUT2D eigenvalue weighted by Gasteiger charge is -2.11. The average molecular weight is 335 g/mol. The van der Waals surface area contributed by atoms with E-state index in [0.717, 1.165) is 6.20 Å². The maximum atomic E-state index is 14.3. The predicted molar refractivity (Wildman–Crippen MR) is 90.9 cm³/mol. The Hall–Kier alpha value is -3.41. The van der Waals surface area contributed by atoms with Gasteiger partial charge in [0.15, 0.2) is 5.43 Å². The molecule has 0 aliphatic carbocycles. The first-order valence-electron chi connectivity index (χ1n) is 7.52. The fourth-order valence-electron chi connectivity index (χ4n) is 2.72. The molecule has 4 aromatic rings. The lowest BCUT2D eigenvalue weighted by atomic mass is 9.98. The van der Waals surface area contributed by atoms with Crippen molar-refractivity contribution in [3.8, 4) is 22.4 Å². The standard InChI is InChI=1S/C19H11F2N3O/c20-12-3-1-11(2-4-12)18-14(13-5-7-22-10-16(13)21)9-15-17(25)6-8-23-19(15)24-18/h1-10H,(H,23,24,25). The molecule has 0 saturated heterocycles. The normalized spacial score (nSPS) is 11.0. The Bertz CT molecular complexity index is 1140. The van der Waals surface area contributed by atoms with E-state index >= 15 is 0 Å². The molecule has 3 aromatic heterocycles. The Morgan fingerprint density at radius 1 is 0.960 bits per heavy atom. The summed E-state index contributed by atoms with van der Waals surface area (Å²) < 4.78 is 27.6. The summed E-state index contributed by atoms with van der Waals surface area (Å²) in [7, 11) is 0. The first-order chi connectivity index (χ1) is 12.1. The van der Waals surface area contributed by atoms with E-state index in [9.17, 15) is 13.6 Å². The minimum Gasteiger partial charge on any atom is -0.346 e. The van der Waals surface area contributed by atoms with Gasteiger partial charge >= 0.3 is 0 Å². The van der Waals surface area contributed by atoms with E-state index < -0.39 is 5.82 Å². The van der Waals surface area contributed by atoms with Crippen LogP contribution >= 0.6 is 0 Å². The quantitative estimate of drug-likeness (QED) is 0.604. The molecule has 0 aliphatic heterocycles. The van der Waals surface area contributed by atoms with E-state index in [1.54, 1.807) is 18.2 Å². The second-order valence-electron chi connectivity index (χ2n) is 5.49. The van der Waals surface area contributed by atoms with Crippen LogP contribution in [0.1, 0.15) is 0 Å². The van der Waals surface area contributed by atoms with Crippen LogP contribution in [0.5, 0.6) is 0 Å². The number of aromatic amines is 1. The van der Waals surface area contributed by atoms with E-state index in [0.29, 0.717) is 27.9 Å². The summed E-state index contributed by atoms with van der Waals surface area (Å²) in [5.74, 6) is -0.908. The van der Waals surface area contributed by atoms with Crippen LogP contribution in [0, 0.1) is 11.6 Å². The van der Waals surface area contributed by atoms with Crippen molar-refractivity contribution in [1.82, 2.24) is 15.0 Å². The molecule has 3 heterocycles. The fourth-order valence-corrected chi connectivity index (χ4v) is 2.72. The summed E-state index contributed by atoms with van der Waals surface area (Å²) in [5.41, 5.74) is 1.93. The number of nitrogens with one attached hydrogen (secondary N) is 1. The third-order valence-electron chi connectivity index (χ3n) is 3.92. The molecule has 0 saturated carbocycles. The highest BCUT2D eigenvalue weighted by molar-refractivity contribution is 5.90. The van der Waals surface area contributed by atoms with Crippen molar-refractivity contribution >= 4 is 11.0 Å². The highest BCUT2D eigenvalue weighted by Gasteiger charge is 2.16. The zero-order valence-corrected chi connectivity index (χ0v) is 12.8. The van der Waals surface area contributed by atoms with Crippen molar-refractivity contribution in [2.24, 2.45) is 0 Å². The smallest absolute Gasteiger partial charge is 0.191 e. The van der Waals surface area contributed by atoms with Gasteiger partial charge in [-0.3, -0.25) is 9.78 Å². The number of rotatable bonds is 2. The highest BCUT2D eigenvalue weighted by atomic mass is 19.1. The predicted octanol–water partition coefficient (Wildman–Crippen LogP) is 3.93. The van der Waals surface area contributed by atoms with Gasteiger partial charge in [0.25, 0.3) is 0 Å². The molecule has 0 atom stereocenters. The summed E-state index contributed by atoms with van der Waals surface area (Å²) in [5, 5.41) is 0.347. The summed E-state index contributed by atoms with van der Waals surface area (Å²) in [4.78, 5) is 23.3.